The second-order valence-corrected chi connectivity index (χ2v) is 10.6. The number of carboxylic acid groups (broad SMARTS) is 1. The molecule has 0 radical (unpaired) electrons. The number of aromatic amines is 1. The van der Waals surface area contributed by atoms with Crippen LogP contribution in [0.15, 0.2) is 42.5 Å². The number of aromatic nitrogens is 2. The molecule has 1 aliphatic rings. The van der Waals surface area contributed by atoms with Crippen LogP contribution in [-0.2, 0) is 22.4 Å². The van der Waals surface area contributed by atoms with Gasteiger partial charge in [0.15, 0.2) is 6.10 Å². The molecular weight excluding hydrogens is 457 g/mol. The molecule has 1 heterocycles. The minimum absolute atomic E-state index is 0.0835. The van der Waals surface area contributed by atoms with Crippen LogP contribution in [0.2, 0.25) is 0 Å². The van der Waals surface area contributed by atoms with Crippen molar-refractivity contribution in [3.63, 3.8) is 0 Å². The first-order chi connectivity index (χ1) is 17.2. The summed E-state index contributed by atoms with van der Waals surface area (Å²) in [7, 11) is 3.56. The minimum atomic E-state index is -0.976. The number of aliphatic carboxylic acids is 1. The normalized spacial score (nSPS) is 21.6. The maximum absolute atomic E-state index is 14.1. The molecule has 0 fully saturated rings. The molecular formula is C29H38FN3O3. The Morgan fingerprint density at radius 1 is 1.28 bits per heavy atom. The molecule has 0 bridgehead atoms. The Bertz CT molecular complexity index is 1180. The summed E-state index contributed by atoms with van der Waals surface area (Å²) in [6.45, 7) is 7.17. The number of methoxy groups -OCH3 is 1. The SMILES string of the molecule is CO[C@H](C(=O)O)C1(C(C)N(C)CCCc2nc3ccccc3[nH]2)CCc2cc(F)ccc2C1C(C)C. The number of carbonyl (C=O) groups is 1. The zero-order valence-electron chi connectivity index (χ0n) is 21.9. The molecule has 194 valence electrons. The van der Waals surface area contributed by atoms with Gasteiger partial charge in [-0.25, -0.2) is 14.2 Å². The molecule has 4 rings (SSSR count). The van der Waals surface area contributed by atoms with Crippen molar-refractivity contribution in [2.24, 2.45) is 11.3 Å². The lowest BCUT2D eigenvalue weighted by atomic mass is 9.54. The lowest BCUT2D eigenvalue weighted by molar-refractivity contribution is -0.167. The highest BCUT2D eigenvalue weighted by Crippen LogP contribution is 2.55. The van der Waals surface area contributed by atoms with Crippen LogP contribution in [0.25, 0.3) is 11.0 Å². The number of para-hydroxylation sites is 2. The van der Waals surface area contributed by atoms with Crippen molar-refractivity contribution in [1.82, 2.24) is 14.9 Å². The van der Waals surface area contributed by atoms with Gasteiger partial charge >= 0.3 is 5.97 Å². The van der Waals surface area contributed by atoms with Crippen LogP contribution in [0.5, 0.6) is 0 Å². The highest BCUT2D eigenvalue weighted by Gasteiger charge is 2.56. The molecule has 3 aromatic rings. The number of imidazole rings is 1. The molecule has 3 unspecified atom stereocenters. The van der Waals surface area contributed by atoms with Crippen molar-refractivity contribution < 1.29 is 19.0 Å². The number of fused-ring (bicyclic) bond motifs is 2. The van der Waals surface area contributed by atoms with Crippen molar-refractivity contribution in [2.45, 2.75) is 64.5 Å². The van der Waals surface area contributed by atoms with E-state index in [2.05, 4.69) is 42.7 Å². The van der Waals surface area contributed by atoms with Crippen LogP contribution >= 0.6 is 0 Å². The van der Waals surface area contributed by atoms with Gasteiger partial charge in [-0.2, -0.15) is 0 Å². The lowest BCUT2D eigenvalue weighted by Crippen LogP contribution is -2.60. The molecule has 2 N–H and O–H groups in total. The van der Waals surface area contributed by atoms with Gasteiger partial charge in [-0.1, -0.05) is 32.0 Å². The van der Waals surface area contributed by atoms with E-state index in [0.29, 0.717) is 12.8 Å². The summed E-state index contributed by atoms with van der Waals surface area (Å²) in [5, 5.41) is 10.3. The van der Waals surface area contributed by atoms with E-state index in [4.69, 9.17) is 4.74 Å². The summed E-state index contributed by atoms with van der Waals surface area (Å²) in [4.78, 5) is 22.9. The number of nitrogens with zero attached hydrogens (tertiary/aromatic N) is 2. The Morgan fingerprint density at radius 2 is 2.03 bits per heavy atom. The maximum Gasteiger partial charge on any atom is 0.333 e. The number of aryl methyl sites for hydroxylation is 2. The molecule has 0 spiro atoms. The third-order valence-corrected chi connectivity index (χ3v) is 8.26. The monoisotopic (exact) mass is 495 g/mol. The Kier molecular flexibility index (Phi) is 7.81. The van der Waals surface area contributed by atoms with Crippen LogP contribution in [-0.4, -0.2) is 58.8 Å². The Morgan fingerprint density at radius 3 is 2.69 bits per heavy atom. The van der Waals surface area contributed by atoms with Crippen LogP contribution in [0.4, 0.5) is 4.39 Å². The summed E-state index contributed by atoms with van der Waals surface area (Å²) in [6, 6.07) is 12.9. The van der Waals surface area contributed by atoms with Gasteiger partial charge in [0.2, 0.25) is 0 Å². The molecule has 36 heavy (non-hydrogen) atoms. The average molecular weight is 496 g/mol. The number of ether oxygens (including phenoxy) is 1. The summed E-state index contributed by atoms with van der Waals surface area (Å²) in [5.41, 5.74) is 3.35. The van der Waals surface area contributed by atoms with Crippen molar-refractivity contribution >= 4 is 17.0 Å². The van der Waals surface area contributed by atoms with E-state index in [9.17, 15) is 14.3 Å². The maximum atomic E-state index is 14.1. The predicted molar refractivity (Wildman–Crippen MR) is 140 cm³/mol. The molecule has 7 heteroatoms. The second kappa shape index (κ2) is 10.7. The van der Waals surface area contributed by atoms with Crippen molar-refractivity contribution in [3.8, 4) is 0 Å². The van der Waals surface area contributed by atoms with Gasteiger partial charge < -0.3 is 19.7 Å². The number of nitrogens with one attached hydrogen (secondary N) is 1. The minimum Gasteiger partial charge on any atom is -0.479 e. The number of carboxylic acids is 1. The Labute approximate surface area is 212 Å². The van der Waals surface area contributed by atoms with E-state index in [1.54, 1.807) is 6.07 Å². The van der Waals surface area contributed by atoms with Gasteiger partial charge in [0.05, 0.1) is 11.0 Å². The first-order valence-corrected chi connectivity index (χ1v) is 12.9. The van der Waals surface area contributed by atoms with E-state index >= 15 is 0 Å². The molecule has 1 aliphatic carbocycles. The first kappa shape index (κ1) is 26.3. The van der Waals surface area contributed by atoms with Crippen molar-refractivity contribution in [2.75, 3.05) is 20.7 Å². The van der Waals surface area contributed by atoms with Gasteiger partial charge in [-0.15, -0.1) is 0 Å². The number of hydrogen-bond donors (Lipinski definition) is 2. The number of H-pyrrole nitrogens is 1. The van der Waals surface area contributed by atoms with Crippen LogP contribution in [0.1, 0.15) is 56.5 Å². The standard InChI is InChI=1S/C29H38FN3O3/c1-18(2)26-22-13-12-21(30)17-20(22)14-15-29(26,27(36-5)28(34)35)19(3)33(4)16-8-11-25-31-23-9-6-7-10-24(23)32-25/h6-7,9-10,12-13,17-19,26-27H,8,11,14-16H2,1-5H3,(H,31,32)(H,34,35)/t19?,26?,27-,29?/m1/s1. The van der Waals surface area contributed by atoms with Crippen LogP contribution < -0.4 is 0 Å². The summed E-state index contributed by atoms with van der Waals surface area (Å²) >= 11 is 0. The van der Waals surface area contributed by atoms with E-state index in [1.165, 1.54) is 13.2 Å². The predicted octanol–water partition coefficient (Wildman–Crippen LogP) is 5.43. The fourth-order valence-electron chi connectivity index (χ4n) is 6.63. The third-order valence-electron chi connectivity index (χ3n) is 8.26. The van der Waals surface area contributed by atoms with Crippen LogP contribution in [0.3, 0.4) is 0 Å². The Balaban J connectivity index is 1.61. The third kappa shape index (κ3) is 4.78. The van der Waals surface area contributed by atoms with Gasteiger partial charge in [0, 0.05) is 25.0 Å². The average Bonchev–Trinajstić information content (AvgIpc) is 3.26. The number of benzene rings is 2. The van der Waals surface area contributed by atoms with Crippen LogP contribution in [0, 0.1) is 17.2 Å². The number of hydrogen-bond acceptors (Lipinski definition) is 4. The zero-order chi connectivity index (χ0) is 26.0. The van der Waals surface area contributed by atoms with Gasteiger partial charge in [-0.05, 0) is 87.0 Å². The Hall–Kier alpha value is -2.77. The van der Waals surface area contributed by atoms with Gasteiger partial charge in [-0.3, -0.25) is 0 Å². The molecule has 6 nitrogen and oxygen atoms in total. The number of halogens is 1. The zero-order valence-corrected chi connectivity index (χ0v) is 21.9. The molecule has 0 aliphatic heterocycles. The van der Waals surface area contributed by atoms with Crippen molar-refractivity contribution in [3.05, 3.63) is 65.2 Å². The number of rotatable bonds is 10. The van der Waals surface area contributed by atoms with E-state index < -0.39 is 17.5 Å². The molecule has 0 saturated heterocycles. The molecule has 2 aromatic carbocycles. The first-order valence-electron chi connectivity index (χ1n) is 12.9. The quantitative estimate of drug-likeness (QED) is 0.392. The topological polar surface area (TPSA) is 78.5 Å². The van der Waals surface area contributed by atoms with Crippen molar-refractivity contribution in [1.29, 1.82) is 0 Å². The highest BCUT2D eigenvalue weighted by atomic mass is 19.1. The van der Waals surface area contributed by atoms with Gasteiger partial charge in [0.1, 0.15) is 11.6 Å². The lowest BCUT2D eigenvalue weighted by Gasteiger charge is -2.55. The summed E-state index contributed by atoms with van der Waals surface area (Å²) < 4.78 is 19.8. The largest absolute Gasteiger partial charge is 0.479 e. The van der Waals surface area contributed by atoms with E-state index in [-0.39, 0.29) is 23.7 Å². The smallest absolute Gasteiger partial charge is 0.333 e. The highest BCUT2D eigenvalue weighted by molar-refractivity contribution is 5.75. The molecule has 0 amide bonds. The molecule has 1 aromatic heterocycles. The molecule has 0 saturated carbocycles. The fraction of sp³-hybridized carbons (Fsp3) is 0.517. The van der Waals surface area contributed by atoms with E-state index in [0.717, 1.165) is 47.4 Å². The molecule has 4 atom stereocenters. The fourth-order valence-corrected chi connectivity index (χ4v) is 6.63. The summed E-state index contributed by atoms with van der Waals surface area (Å²) in [6.07, 6.45) is 1.96. The van der Waals surface area contributed by atoms with Gasteiger partial charge in [0.25, 0.3) is 0 Å². The summed E-state index contributed by atoms with van der Waals surface area (Å²) in [5.74, 6) is -0.174. The van der Waals surface area contributed by atoms with E-state index in [1.807, 2.05) is 30.3 Å². The second-order valence-electron chi connectivity index (χ2n) is 10.6.